The van der Waals surface area contributed by atoms with Gasteiger partial charge >= 0.3 is 0 Å². The van der Waals surface area contributed by atoms with E-state index in [4.69, 9.17) is 4.74 Å². The standard InChI is InChI=1S/C26H39N3OS/c1-27(20-25-11-12-26(31-25)21-28-14-3-4-15-28)18-23-6-5-16-29(19-23)17-13-22-7-9-24(30-2)10-8-22/h7-12,23H,3-6,13-21H2,1-2H3. The Morgan fingerprint density at radius 2 is 1.71 bits per heavy atom. The molecular formula is C26H39N3OS. The molecule has 5 heteroatoms. The van der Waals surface area contributed by atoms with Crippen molar-refractivity contribution in [2.75, 3.05) is 53.4 Å². The van der Waals surface area contributed by atoms with Gasteiger partial charge in [-0.15, -0.1) is 11.3 Å². The van der Waals surface area contributed by atoms with E-state index in [9.17, 15) is 0 Å². The van der Waals surface area contributed by atoms with Gasteiger partial charge in [0.1, 0.15) is 5.75 Å². The lowest BCUT2D eigenvalue weighted by Crippen LogP contribution is -2.40. The van der Waals surface area contributed by atoms with Crippen LogP contribution in [-0.4, -0.2) is 68.1 Å². The predicted molar refractivity (Wildman–Crippen MR) is 131 cm³/mol. The number of piperidine rings is 1. The molecule has 0 aliphatic carbocycles. The molecule has 2 aliphatic heterocycles. The van der Waals surface area contributed by atoms with Crippen molar-refractivity contribution >= 4 is 11.3 Å². The third kappa shape index (κ3) is 7.04. The Labute approximate surface area is 192 Å². The summed E-state index contributed by atoms with van der Waals surface area (Å²) in [4.78, 5) is 10.9. The summed E-state index contributed by atoms with van der Waals surface area (Å²) in [5.74, 6) is 1.73. The number of thiophene rings is 1. The van der Waals surface area contributed by atoms with E-state index in [0.717, 1.165) is 37.7 Å². The molecule has 0 spiro atoms. The number of hydrogen-bond acceptors (Lipinski definition) is 5. The molecule has 2 saturated heterocycles. The highest BCUT2D eigenvalue weighted by molar-refractivity contribution is 7.11. The zero-order valence-electron chi connectivity index (χ0n) is 19.4. The van der Waals surface area contributed by atoms with Gasteiger partial charge in [0.2, 0.25) is 0 Å². The van der Waals surface area contributed by atoms with Crippen LogP contribution in [0.5, 0.6) is 5.75 Å². The number of benzene rings is 1. The van der Waals surface area contributed by atoms with Crippen LogP contribution in [0.2, 0.25) is 0 Å². The molecule has 0 amide bonds. The molecule has 170 valence electrons. The Morgan fingerprint density at radius 1 is 0.968 bits per heavy atom. The fraction of sp³-hybridized carbons (Fsp3) is 0.615. The van der Waals surface area contributed by atoms with E-state index >= 15 is 0 Å². The fourth-order valence-electron chi connectivity index (χ4n) is 5.11. The number of ether oxygens (including phenoxy) is 1. The van der Waals surface area contributed by atoms with Crippen LogP contribution < -0.4 is 4.74 Å². The summed E-state index contributed by atoms with van der Waals surface area (Å²) in [6.45, 7) is 9.67. The first-order valence-electron chi connectivity index (χ1n) is 12.0. The molecule has 1 aromatic heterocycles. The highest BCUT2D eigenvalue weighted by Crippen LogP contribution is 2.23. The molecule has 2 fully saturated rings. The van der Waals surface area contributed by atoms with Crippen molar-refractivity contribution in [3.05, 3.63) is 51.7 Å². The summed E-state index contributed by atoms with van der Waals surface area (Å²) < 4.78 is 5.27. The van der Waals surface area contributed by atoms with Gasteiger partial charge in [-0.05, 0) is 94.5 Å². The zero-order valence-corrected chi connectivity index (χ0v) is 20.2. The lowest BCUT2D eigenvalue weighted by atomic mass is 9.97. The maximum absolute atomic E-state index is 5.27. The summed E-state index contributed by atoms with van der Waals surface area (Å²) in [5.41, 5.74) is 1.41. The minimum absolute atomic E-state index is 0.790. The molecule has 0 saturated carbocycles. The largest absolute Gasteiger partial charge is 0.497 e. The van der Waals surface area contributed by atoms with E-state index in [-0.39, 0.29) is 0 Å². The summed E-state index contributed by atoms with van der Waals surface area (Å²) in [6, 6.07) is 13.3. The maximum Gasteiger partial charge on any atom is 0.118 e. The van der Waals surface area contributed by atoms with Crippen molar-refractivity contribution < 1.29 is 4.74 Å². The Hall–Kier alpha value is -1.40. The second-order valence-electron chi connectivity index (χ2n) is 9.45. The second-order valence-corrected chi connectivity index (χ2v) is 10.7. The molecule has 4 nitrogen and oxygen atoms in total. The van der Waals surface area contributed by atoms with Crippen LogP contribution in [0.3, 0.4) is 0 Å². The van der Waals surface area contributed by atoms with Gasteiger partial charge in [0, 0.05) is 42.5 Å². The Kier molecular flexibility index (Phi) is 8.42. The molecule has 0 radical (unpaired) electrons. The number of likely N-dealkylation sites (tertiary alicyclic amines) is 2. The lowest BCUT2D eigenvalue weighted by Gasteiger charge is -2.34. The molecule has 1 atom stereocenters. The number of rotatable bonds is 10. The minimum atomic E-state index is 0.790. The van der Waals surface area contributed by atoms with Crippen LogP contribution in [0.1, 0.15) is 41.0 Å². The van der Waals surface area contributed by atoms with E-state index in [1.807, 2.05) is 11.3 Å². The smallest absolute Gasteiger partial charge is 0.118 e. The predicted octanol–water partition coefficient (Wildman–Crippen LogP) is 4.74. The molecule has 0 bridgehead atoms. The zero-order chi connectivity index (χ0) is 21.5. The number of methoxy groups -OCH3 is 1. The van der Waals surface area contributed by atoms with Gasteiger partial charge in [-0.2, -0.15) is 0 Å². The van der Waals surface area contributed by atoms with Crippen LogP contribution in [-0.2, 0) is 19.5 Å². The van der Waals surface area contributed by atoms with Gasteiger partial charge in [-0.25, -0.2) is 0 Å². The van der Waals surface area contributed by atoms with Crippen molar-refractivity contribution in [3.63, 3.8) is 0 Å². The van der Waals surface area contributed by atoms with Crippen molar-refractivity contribution in [2.45, 2.75) is 45.2 Å². The summed E-state index contributed by atoms with van der Waals surface area (Å²) in [7, 11) is 4.03. The highest BCUT2D eigenvalue weighted by Gasteiger charge is 2.21. The number of nitrogens with zero attached hydrogens (tertiary/aromatic N) is 3. The average molecular weight is 442 g/mol. The average Bonchev–Trinajstić information content (AvgIpc) is 3.45. The molecule has 1 unspecified atom stereocenters. The minimum Gasteiger partial charge on any atom is -0.497 e. The van der Waals surface area contributed by atoms with Crippen molar-refractivity contribution in [2.24, 2.45) is 5.92 Å². The summed E-state index contributed by atoms with van der Waals surface area (Å²) >= 11 is 2.02. The van der Waals surface area contributed by atoms with Gasteiger partial charge in [0.05, 0.1) is 7.11 Å². The summed E-state index contributed by atoms with van der Waals surface area (Å²) in [5, 5.41) is 0. The molecule has 3 heterocycles. The molecule has 2 aromatic rings. The van der Waals surface area contributed by atoms with E-state index < -0.39 is 0 Å². The van der Waals surface area contributed by atoms with E-state index in [1.165, 1.54) is 73.7 Å². The Morgan fingerprint density at radius 3 is 2.48 bits per heavy atom. The first-order chi connectivity index (χ1) is 15.2. The second kappa shape index (κ2) is 11.5. The normalized spacial score (nSPS) is 20.5. The van der Waals surface area contributed by atoms with Crippen LogP contribution in [0.4, 0.5) is 0 Å². The number of hydrogen-bond donors (Lipinski definition) is 0. The van der Waals surface area contributed by atoms with Crippen LogP contribution in [0, 0.1) is 5.92 Å². The van der Waals surface area contributed by atoms with Gasteiger partial charge in [-0.1, -0.05) is 12.1 Å². The molecular weight excluding hydrogens is 402 g/mol. The topological polar surface area (TPSA) is 19.0 Å². The molecule has 2 aliphatic rings. The highest BCUT2D eigenvalue weighted by atomic mass is 32.1. The quantitative estimate of drug-likeness (QED) is 0.530. The third-order valence-corrected chi connectivity index (χ3v) is 7.82. The van der Waals surface area contributed by atoms with Gasteiger partial charge in [0.25, 0.3) is 0 Å². The first kappa shape index (κ1) is 22.8. The molecule has 1 aromatic carbocycles. The molecule has 0 N–H and O–H groups in total. The lowest BCUT2D eigenvalue weighted by molar-refractivity contribution is 0.143. The van der Waals surface area contributed by atoms with Crippen molar-refractivity contribution in [1.82, 2.24) is 14.7 Å². The van der Waals surface area contributed by atoms with Crippen LogP contribution >= 0.6 is 11.3 Å². The van der Waals surface area contributed by atoms with Gasteiger partial charge in [-0.3, -0.25) is 4.90 Å². The van der Waals surface area contributed by atoms with E-state index in [1.54, 1.807) is 7.11 Å². The van der Waals surface area contributed by atoms with E-state index in [2.05, 4.69) is 58.1 Å². The fourth-order valence-corrected chi connectivity index (χ4v) is 6.25. The molecule has 31 heavy (non-hydrogen) atoms. The Balaban J connectivity index is 1.19. The van der Waals surface area contributed by atoms with E-state index in [0.29, 0.717) is 0 Å². The van der Waals surface area contributed by atoms with Crippen molar-refractivity contribution in [1.29, 1.82) is 0 Å². The summed E-state index contributed by atoms with van der Waals surface area (Å²) in [6.07, 6.45) is 6.58. The Bertz CT molecular complexity index is 784. The molecule has 4 rings (SSSR count). The van der Waals surface area contributed by atoms with Crippen LogP contribution in [0.25, 0.3) is 0 Å². The SMILES string of the molecule is COc1ccc(CCN2CCCC(CN(C)Cc3ccc(CN4CCCC4)s3)C2)cc1. The maximum atomic E-state index is 5.27. The van der Waals surface area contributed by atoms with Gasteiger partial charge in [0.15, 0.2) is 0 Å². The van der Waals surface area contributed by atoms with Crippen LogP contribution in [0.15, 0.2) is 36.4 Å². The first-order valence-corrected chi connectivity index (χ1v) is 12.8. The van der Waals surface area contributed by atoms with Crippen molar-refractivity contribution in [3.8, 4) is 5.75 Å². The third-order valence-electron chi connectivity index (χ3n) is 6.77. The monoisotopic (exact) mass is 441 g/mol. The van der Waals surface area contributed by atoms with Gasteiger partial charge < -0.3 is 14.5 Å².